The van der Waals surface area contributed by atoms with Crippen molar-refractivity contribution in [3.05, 3.63) is 71.4 Å². The molecule has 3 aromatic rings. The van der Waals surface area contributed by atoms with E-state index in [0.29, 0.717) is 29.6 Å². The second-order valence-electron chi connectivity index (χ2n) is 6.98. The van der Waals surface area contributed by atoms with Crippen molar-refractivity contribution in [2.75, 3.05) is 11.9 Å². The number of hydrogen-bond acceptors (Lipinski definition) is 5. The lowest BCUT2D eigenvalue weighted by atomic mass is 10.1. The van der Waals surface area contributed by atoms with Crippen LogP contribution in [0.2, 0.25) is 0 Å². The van der Waals surface area contributed by atoms with Crippen molar-refractivity contribution in [2.45, 2.75) is 33.0 Å². The SMILES string of the molecule is CCOc1cc2c(cc1NC(=O)c1ccc(COc3ccc(F)cc3)o1)OC(C)C2. The van der Waals surface area contributed by atoms with Gasteiger partial charge in [0.1, 0.15) is 41.5 Å². The molecule has 0 saturated carbocycles. The average molecular weight is 411 g/mol. The van der Waals surface area contributed by atoms with Crippen LogP contribution in [-0.2, 0) is 13.0 Å². The van der Waals surface area contributed by atoms with Crippen LogP contribution in [0.5, 0.6) is 17.2 Å². The quantitative estimate of drug-likeness (QED) is 0.594. The van der Waals surface area contributed by atoms with Crippen molar-refractivity contribution < 1.29 is 27.8 Å². The van der Waals surface area contributed by atoms with Gasteiger partial charge in [0.05, 0.1) is 12.3 Å². The number of carbonyl (C=O) groups excluding carboxylic acids is 1. The number of rotatable bonds is 7. The summed E-state index contributed by atoms with van der Waals surface area (Å²) in [5.74, 6) is 1.72. The average Bonchev–Trinajstić information content (AvgIpc) is 3.33. The third kappa shape index (κ3) is 4.40. The normalized spacial score (nSPS) is 14.7. The zero-order valence-corrected chi connectivity index (χ0v) is 16.7. The fourth-order valence-electron chi connectivity index (χ4n) is 3.26. The van der Waals surface area contributed by atoms with E-state index < -0.39 is 5.91 Å². The molecule has 1 unspecified atom stereocenters. The maximum absolute atomic E-state index is 13.0. The molecule has 1 N–H and O–H groups in total. The molecule has 0 bridgehead atoms. The fraction of sp³-hybridized carbons (Fsp3) is 0.261. The van der Waals surface area contributed by atoms with Crippen LogP contribution in [-0.4, -0.2) is 18.6 Å². The van der Waals surface area contributed by atoms with Gasteiger partial charge in [0.15, 0.2) is 5.76 Å². The van der Waals surface area contributed by atoms with E-state index in [2.05, 4.69) is 5.32 Å². The lowest BCUT2D eigenvalue weighted by Crippen LogP contribution is -2.12. The first-order valence-corrected chi connectivity index (χ1v) is 9.76. The highest BCUT2D eigenvalue weighted by Crippen LogP contribution is 2.38. The van der Waals surface area contributed by atoms with Crippen molar-refractivity contribution in [1.29, 1.82) is 0 Å². The van der Waals surface area contributed by atoms with Gasteiger partial charge in [-0.3, -0.25) is 4.79 Å². The van der Waals surface area contributed by atoms with Crippen molar-refractivity contribution in [3.63, 3.8) is 0 Å². The number of hydrogen-bond donors (Lipinski definition) is 1. The molecule has 6 nitrogen and oxygen atoms in total. The summed E-state index contributed by atoms with van der Waals surface area (Å²) in [6.45, 7) is 4.48. The zero-order chi connectivity index (χ0) is 21.1. The van der Waals surface area contributed by atoms with Gasteiger partial charge in [0, 0.05) is 18.1 Å². The maximum Gasteiger partial charge on any atom is 0.291 e. The van der Waals surface area contributed by atoms with Gasteiger partial charge in [-0.25, -0.2) is 4.39 Å². The number of furan rings is 1. The summed E-state index contributed by atoms with van der Waals surface area (Å²) in [6, 6.07) is 12.6. The highest BCUT2D eigenvalue weighted by molar-refractivity contribution is 6.03. The van der Waals surface area contributed by atoms with E-state index in [1.807, 2.05) is 19.9 Å². The number of halogens is 1. The molecule has 0 fully saturated rings. The third-order valence-electron chi connectivity index (χ3n) is 4.63. The highest BCUT2D eigenvalue weighted by atomic mass is 19.1. The third-order valence-corrected chi connectivity index (χ3v) is 4.63. The molecule has 0 radical (unpaired) electrons. The summed E-state index contributed by atoms with van der Waals surface area (Å²) in [6.07, 6.45) is 0.897. The van der Waals surface area contributed by atoms with Crippen LogP contribution in [0.25, 0.3) is 0 Å². The molecular formula is C23H22FNO5. The minimum Gasteiger partial charge on any atom is -0.492 e. The van der Waals surface area contributed by atoms with Crippen LogP contribution in [0.1, 0.15) is 35.7 Å². The van der Waals surface area contributed by atoms with Crippen molar-refractivity contribution in [1.82, 2.24) is 0 Å². The Hall–Kier alpha value is -3.48. The second-order valence-corrected chi connectivity index (χ2v) is 6.98. The Morgan fingerprint density at radius 1 is 1.17 bits per heavy atom. The maximum atomic E-state index is 13.0. The Morgan fingerprint density at radius 3 is 2.73 bits per heavy atom. The van der Waals surface area contributed by atoms with Crippen LogP contribution in [0.4, 0.5) is 10.1 Å². The smallest absolute Gasteiger partial charge is 0.291 e. The molecule has 2 heterocycles. The molecule has 1 aliphatic rings. The Bertz CT molecular complexity index is 1040. The molecule has 4 rings (SSSR count). The Morgan fingerprint density at radius 2 is 1.97 bits per heavy atom. The predicted molar refractivity (Wildman–Crippen MR) is 109 cm³/mol. The van der Waals surface area contributed by atoms with Gasteiger partial charge in [-0.2, -0.15) is 0 Å². The molecule has 1 atom stereocenters. The standard InChI is InChI=1S/C23H22FNO5/c1-3-27-22-11-15-10-14(2)29-21(15)12-19(22)25-23(26)20-9-8-18(30-20)13-28-17-6-4-16(24)5-7-17/h4-9,11-12,14H,3,10,13H2,1-2H3,(H,25,26). The first kappa shape index (κ1) is 19.8. The first-order chi connectivity index (χ1) is 14.5. The number of nitrogens with one attached hydrogen (secondary N) is 1. The Kier molecular flexibility index (Phi) is 5.61. The lowest BCUT2D eigenvalue weighted by molar-refractivity contribution is 0.0992. The number of anilines is 1. The Balaban J connectivity index is 1.44. The number of fused-ring (bicyclic) bond motifs is 1. The number of amides is 1. The van der Waals surface area contributed by atoms with E-state index in [9.17, 15) is 9.18 Å². The number of ether oxygens (including phenoxy) is 3. The monoisotopic (exact) mass is 411 g/mol. The molecular weight excluding hydrogens is 389 g/mol. The van der Waals surface area contributed by atoms with Crippen LogP contribution < -0.4 is 19.5 Å². The molecule has 1 aromatic heterocycles. The van der Waals surface area contributed by atoms with Gasteiger partial charge >= 0.3 is 0 Å². The number of carbonyl (C=O) groups is 1. The summed E-state index contributed by atoms with van der Waals surface area (Å²) in [5, 5.41) is 2.83. The van der Waals surface area contributed by atoms with E-state index in [1.54, 1.807) is 18.2 Å². The molecule has 1 aliphatic heterocycles. The van der Waals surface area contributed by atoms with Gasteiger partial charge in [-0.1, -0.05) is 0 Å². The van der Waals surface area contributed by atoms with E-state index in [0.717, 1.165) is 17.7 Å². The van der Waals surface area contributed by atoms with E-state index in [4.69, 9.17) is 18.6 Å². The summed E-state index contributed by atoms with van der Waals surface area (Å²) < 4.78 is 35.6. The summed E-state index contributed by atoms with van der Waals surface area (Å²) in [4.78, 5) is 12.7. The Labute approximate surface area is 173 Å². The minimum absolute atomic E-state index is 0.0918. The fourth-order valence-corrected chi connectivity index (χ4v) is 3.26. The summed E-state index contributed by atoms with van der Waals surface area (Å²) in [7, 11) is 0. The predicted octanol–water partition coefficient (Wildman–Crippen LogP) is 4.97. The molecule has 30 heavy (non-hydrogen) atoms. The highest BCUT2D eigenvalue weighted by Gasteiger charge is 2.23. The van der Waals surface area contributed by atoms with E-state index >= 15 is 0 Å². The lowest BCUT2D eigenvalue weighted by Gasteiger charge is -2.13. The van der Waals surface area contributed by atoms with Crippen LogP contribution >= 0.6 is 0 Å². The molecule has 0 spiro atoms. The topological polar surface area (TPSA) is 69.9 Å². The van der Waals surface area contributed by atoms with Gasteiger partial charge in [0.25, 0.3) is 5.91 Å². The van der Waals surface area contributed by atoms with Gasteiger partial charge < -0.3 is 23.9 Å². The van der Waals surface area contributed by atoms with Crippen molar-refractivity contribution in [2.24, 2.45) is 0 Å². The first-order valence-electron chi connectivity index (χ1n) is 9.76. The van der Waals surface area contributed by atoms with Crippen molar-refractivity contribution >= 4 is 11.6 Å². The van der Waals surface area contributed by atoms with Gasteiger partial charge in [0.2, 0.25) is 0 Å². The van der Waals surface area contributed by atoms with E-state index in [1.165, 1.54) is 24.3 Å². The van der Waals surface area contributed by atoms with E-state index in [-0.39, 0.29) is 24.3 Å². The molecule has 7 heteroatoms. The molecule has 0 aliphatic carbocycles. The summed E-state index contributed by atoms with van der Waals surface area (Å²) >= 11 is 0. The molecule has 2 aromatic carbocycles. The molecule has 0 saturated heterocycles. The molecule has 156 valence electrons. The molecule has 1 amide bonds. The van der Waals surface area contributed by atoms with Gasteiger partial charge in [-0.05, 0) is 56.3 Å². The van der Waals surface area contributed by atoms with Gasteiger partial charge in [-0.15, -0.1) is 0 Å². The summed E-state index contributed by atoms with van der Waals surface area (Å²) in [5.41, 5.74) is 1.58. The van der Waals surface area contributed by atoms with Crippen LogP contribution in [0, 0.1) is 5.82 Å². The van der Waals surface area contributed by atoms with Crippen LogP contribution in [0.15, 0.2) is 52.9 Å². The largest absolute Gasteiger partial charge is 0.492 e. The zero-order valence-electron chi connectivity index (χ0n) is 16.7. The van der Waals surface area contributed by atoms with Crippen molar-refractivity contribution in [3.8, 4) is 17.2 Å². The number of benzene rings is 2. The van der Waals surface area contributed by atoms with Crippen LogP contribution in [0.3, 0.4) is 0 Å². The second kappa shape index (κ2) is 8.49. The minimum atomic E-state index is -0.407.